The van der Waals surface area contributed by atoms with Gasteiger partial charge in [-0.25, -0.2) is 0 Å². The number of hydrogen-bond acceptors (Lipinski definition) is 3. The van der Waals surface area contributed by atoms with E-state index in [1.54, 1.807) is 0 Å². The third-order valence-corrected chi connectivity index (χ3v) is 2.28. The van der Waals surface area contributed by atoms with Gasteiger partial charge in [0.05, 0.1) is 19.3 Å². The Morgan fingerprint density at radius 3 is 2.92 bits per heavy atom. The van der Waals surface area contributed by atoms with Crippen molar-refractivity contribution in [2.24, 2.45) is 0 Å². The Morgan fingerprint density at radius 1 is 1.58 bits per heavy atom. The van der Waals surface area contributed by atoms with E-state index in [4.69, 9.17) is 9.84 Å². The summed E-state index contributed by atoms with van der Waals surface area (Å²) in [6, 6.07) is 0.507. The van der Waals surface area contributed by atoms with Crippen LogP contribution in [0.25, 0.3) is 0 Å². The predicted octanol–water partition coefficient (Wildman–Crippen LogP) is 0.526. The fourth-order valence-corrected chi connectivity index (χ4v) is 1.42. The Hall–Kier alpha value is -0.120. The number of nitrogens with one attached hydrogen (secondary N) is 1. The molecule has 0 aromatic heterocycles. The summed E-state index contributed by atoms with van der Waals surface area (Å²) in [5.74, 6) is 0. The maximum atomic E-state index is 8.79. The highest BCUT2D eigenvalue weighted by Gasteiger charge is 2.19. The van der Waals surface area contributed by atoms with Gasteiger partial charge in [0, 0.05) is 12.6 Å². The fraction of sp³-hybridized carbons (Fsp3) is 1.00. The highest BCUT2D eigenvalue weighted by atomic mass is 16.5. The first-order chi connectivity index (χ1) is 5.86. The molecule has 3 heteroatoms. The highest BCUT2D eigenvalue weighted by Crippen LogP contribution is 2.06. The number of morpholine rings is 1. The first-order valence-corrected chi connectivity index (χ1v) is 4.82. The molecule has 0 saturated carbocycles. The Labute approximate surface area is 74.1 Å². The normalized spacial score (nSPS) is 30.5. The topological polar surface area (TPSA) is 41.5 Å². The van der Waals surface area contributed by atoms with E-state index in [0.29, 0.717) is 6.04 Å². The Bertz CT molecular complexity index is 111. The molecular weight excluding hydrogens is 154 g/mol. The third-order valence-electron chi connectivity index (χ3n) is 2.28. The maximum absolute atomic E-state index is 8.79. The van der Waals surface area contributed by atoms with Crippen molar-refractivity contribution >= 4 is 0 Å². The maximum Gasteiger partial charge on any atom is 0.0930 e. The van der Waals surface area contributed by atoms with Gasteiger partial charge in [-0.2, -0.15) is 0 Å². The summed E-state index contributed by atoms with van der Waals surface area (Å²) in [6.07, 6.45) is 3.70. The molecule has 1 aliphatic heterocycles. The third kappa shape index (κ3) is 3.09. The van der Waals surface area contributed by atoms with Gasteiger partial charge in [-0.05, 0) is 6.42 Å². The summed E-state index contributed by atoms with van der Waals surface area (Å²) in [5, 5.41) is 12.2. The van der Waals surface area contributed by atoms with E-state index in [2.05, 4.69) is 12.2 Å². The first-order valence-electron chi connectivity index (χ1n) is 4.82. The van der Waals surface area contributed by atoms with E-state index < -0.39 is 0 Å². The number of hydrogen-bond donors (Lipinski definition) is 2. The van der Waals surface area contributed by atoms with Crippen LogP contribution in [0.15, 0.2) is 0 Å². The van der Waals surface area contributed by atoms with Crippen LogP contribution in [0.1, 0.15) is 26.2 Å². The van der Waals surface area contributed by atoms with Gasteiger partial charge in [-0.1, -0.05) is 19.8 Å². The Kier molecular flexibility index (Phi) is 4.58. The van der Waals surface area contributed by atoms with E-state index in [1.807, 2.05) is 0 Å². The predicted molar refractivity (Wildman–Crippen MR) is 48.1 cm³/mol. The van der Waals surface area contributed by atoms with Gasteiger partial charge in [-0.3, -0.25) is 0 Å². The van der Waals surface area contributed by atoms with Gasteiger partial charge >= 0.3 is 0 Å². The Morgan fingerprint density at radius 2 is 2.42 bits per heavy atom. The van der Waals surface area contributed by atoms with Gasteiger partial charge in [0.2, 0.25) is 0 Å². The minimum Gasteiger partial charge on any atom is -0.394 e. The van der Waals surface area contributed by atoms with Crippen LogP contribution in [0.5, 0.6) is 0 Å². The lowest BCUT2D eigenvalue weighted by atomic mass is 10.1. The lowest BCUT2D eigenvalue weighted by Crippen LogP contribution is -2.47. The molecule has 0 aliphatic carbocycles. The largest absolute Gasteiger partial charge is 0.394 e. The zero-order chi connectivity index (χ0) is 8.81. The second kappa shape index (κ2) is 5.51. The monoisotopic (exact) mass is 173 g/mol. The summed E-state index contributed by atoms with van der Waals surface area (Å²) in [5.41, 5.74) is 0. The number of aliphatic hydroxyl groups excluding tert-OH is 1. The van der Waals surface area contributed by atoms with E-state index in [0.717, 1.165) is 13.2 Å². The number of aliphatic hydroxyl groups is 1. The van der Waals surface area contributed by atoms with Crippen LogP contribution < -0.4 is 5.32 Å². The van der Waals surface area contributed by atoms with Gasteiger partial charge in [0.25, 0.3) is 0 Å². The molecule has 12 heavy (non-hydrogen) atoms. The average molecular weight is 173 g/mol. The molecular formula is C9H19NO2. The molecule has 72 valence electrons. The van der Waals surface area contributed by atoms with Crippen molar-refractivity contribution in [3.05, 3.63) is 0 Å². The second-order valence-electron chi connectivity index (χ2n) is 3.39. The van der Waals surface area contributed by atoms with Crippen molar-refractivity contribution in [1.29, 1.82) is 0 Å². The van der Waals surface area contributed by atoms with E-state index in [9.17, 15) is 0 Å². The summed E-state index contributed by atoms with van der Waals surface area (Å²) >= 11 is 0. The summed E-state index contributed by atoms with van der Waals surface area (Å²) in [7, 11) is 0. The minimum atomic E-state index is 0.0166. The van der Waals surface area contributed by atoms with Crippen molar-refractivity contribution in [3.63, 3.8) is 0 Å². The molecule has 0 spiro atoms. The molecule has 1 aliphatic rings. The van der Waals surface area contributed by atoms with Crippen molar-refractivity contribution in [2.75, 3.05) is 19.8 Å². The van der Waals surface area contributed by atoms with Crippen LogP contribution in [0, 0.1) is 0 Å². The molecule has 2 atom stereocenters. The molecule has 1 rings (SSSR count). The summed E-state index contributed by atoms with van der Waals surface area (Å²) < 4.78 is 5.42. The molecule has 1 heterocycles. The lowest BCUT2D eigenvalue weighted by molar-refractivity contribution is -0.0269. The van der Waals surface area contributed by atoms with Crippen LogP contribution in [-0.2, 0) is 4.74 Å². The highest BCUT2D eigenvalue weighted by molar-refractivity contribution is 4.75. The number of unbranched alkanes of at least 4 members (excludes halogenated alkanes) is 1. The molecule has 2 unspecified atom stereocenters. The van der Waals surface area contributed by atoms with Gasteiger partial charge < -0.3 is 15.2 Å². The molecule has 0 aromatic rings. The zero-order valence-corrected chi connectivity index (χ0v) is 7.75. The fourth-order valence-electron chi connectivity index (χ4n) is 1.42. The number of rotatable bonds is 4. The van der Waals surface area contributed by atoms with E-state index >= 15 is 0 Å². The van der Waals surface area contributed by atoms with Crippen LogP contribution in [-0.4, -0.2) is 37.0 Å². The quantitative estimate of drug-likeness (QED) is 0.651. The van der Waals surface area contributed by atoms with Crippen molar-refractivity contribution in [3.8, 4) is 0 Å². The van der Waals surface area contributed by atoms with Gasteiger partial charge in [-0.15, -0.1) is 0 Å². The molecule has 3 nitrogen and oxygen atoms in total. The van der Waals surface area contributed by atoms with Crippen LogP contribution in [0.2, 0.25) is 0 Å². The van der Waals surface area contributed by atoms with Crippen molar-refractivity contribution in [1.82, 2.24) is 5.32 Å². The Balaban J connectivity index is 2.09. The molecule has 1 fully saturated rings. The summed E-state index contributed by atoms with van der Waals surface area (Å²) in [4.78, 5) is 0. The standard InChI is InChI=1S/C9H19NO2/c1-2-3-4-8-7-12-9(6-11)5-10-8/h8-11H,2-7H2,1H3. The van der Waals surface area contributed by atoms with E-state index in [1.165, 1.54) is 19.3 Å². The van der Waals surface area contributed by atoms with Crippen LogP contribution in [0.4, 0.5) is 0 Å². The van der Waals surface area contributed by atoms with Gasteiger partial charge in [0.1, 0.15) is 0 Å². The summed E-state index contributed by atoms with van der Waals surface area (Å²) in [6.45, 7) is 3.88. The smallest absolute Gasteiger partial charge is 0.0930 e. The molecule has 2 N–H and O–H groups in total. The number of ether oxygens (including phenoxy) is 1. The molecule has 0 radical (unpaired) electrons. The van der Waals surface area contributed by atoms with Crippen LogP contribution in [0.3, 0.4) is 0 Å². The average Bonchev–Trinajstić information content (AvgIpc) is 2.15. The second-order valence-corrected chi connectivity index (χ2v) is 3.39. The van der Waals surface area contributed by atoms with Crippen molar-refractivity contribution in [2.45, 2.75) is 38.3 Å². The molecule has 0 aromatic carbocycles. The van der Waals surface area contributed by atoms with Crippen LogP contribution >= 0.6 is 0 Å². The zero-order valence-electron chi connectivity index (χ0n) is 7.75. The lowest BCUT2D eigenvalue weighted by Gasteiger charge is -2.29. The minimum absolute atomic E-state index is 0.0166. The SMILES string of the molecule is CCCCC1COC(CO)CN1. The van der Waals surface area contributed by atoms with Crippen molar-refractivity contribution < 1.29 is 9.84 Å². The van der Waals surface area contributed by atoms with E-state index in [-0.39, 0.29) is 12.7 Å². The molecule has 1 saturated heterocycles. The van der Waals surface area contributed by atoms with Gasteiger partial charge in [0.15, 0.2) is 0 Å². The molecule has 0 bridgehead atoms. The molecule has 0 amide bonds. The first kappa shape index (κ1) is 9.96.